The summed E-state index contributed by atoms with van der Waals surface area (Å²) >= 11 is 6.15. The van der Waals surface area contributed by atoms with Crippen LogP contribution in [0.15, 0.2) is 47.6 Å². The Labute approximate surface area is 171 Å². The van der Waals surface area contributed by atoms with Crippen LogP contribution in [-0.4, -0.2) is 30.0 Å². The molecular weight excluding hydrogens is 403 g/mol. The minimum Gasteiger partial charge on any atom is -0.463 e. The number of carbonyl (C=O) groups is 2. The van der Waals surface area contributed by atoms with Crippen molar-refractivity contribution < 1.29 is 28.3 Å². The number of nitrogens with one attached hydrogen (secondary N) is 1. The molecule has 1 aliphatic rings. The average Bonchev–Trinajstić information content (AvgIpc) is 3.08. The first-order chi connectivity index (χ1) is 13.8. The first-order valence-electron chi connectivity index (χ1n) is 8.78. The number of hydrogen-bond donors (Lipinski definition) is 1. The molecule has 9 heteroatoms. The van der Waals surface area contributed by atoms with Crippen molar-refractivity contribution in [3.05, 3.63) is 58.9 Å². The van der Waals surface area contributed by atoms with E-state index in [1.807, 2.05) is 0 Å². The molecule has 1 amide bonds. The number of hydrogen-bond acceptors (Lipinski definition) is 6. The van der Waals surface area contributed by atoms with Crippen molar-refractivity contribution in [3.63, 3.8) is 0 Å². The minimum absolute atomic E-state index is 0.0555. The molecule has 3 rings (SSSR count). The zero-order chi connectivity index (χ0) is 21.0. The Morgan fingerprint density at radius 1 is 1.31 bits per heavy atom. The number of carbonyl (C=O) groups excluding carboxylic acids is 2. The molecule has 0 saturated heterocycles. The van der Waals surface area contributed by atoms with Gasteiger partial charge in [0.15, 0.2) is 0 Å². The van der Waals surface area contributed by atoms with Gasteiger partial charge in [0.2, 0.25) is 5.60 Å². The van der Waals surface area contributed by atoms with Gasteiger partial charge in [-0.2, -0.15) is 0 Å². The summed E-state index contributed by atoms with van der Waals surface area (Å²) in [6.07, 6.45) is -0.796. The summed E-state index contributed by atoms with van der Waals surface area (Å²) < 4.78 is 24.4. The monoisotopic (exact) mass is 420 g/mol. The Morgan fingerprint density at radius 2 is 2.03 bits per heavy atom. The summed E-state index contributed by atoms with van der Waals surface area (Å²) in [5.41, 5.74) is -0.818. The third kappa shape index (κ3) is 4.65. The fourth-order valence-corrected chi connectivity index (χ4v) is 2.93. The van der Waals surface area contributed by atoms with Crippen LogP contribution in [0.4, 0.5) is 14.9 Å². The van der Waals surface area contributed by atoms with Crippen molar-refractivity contribution in [3.8, 4) is 5.75 Å². The lowest BCUT2D eigenvalue weighted by Crippen LogP contribution is -2.37. The minimum atomic E-state index is -1.30. The SMILES string of the molecule is CCOC(=O)C1(C)CC(c2cc(NC(=O)Oc3ccccc3)c(F)cc2Cl)=NO1. The maximum absolute atomic E-state index is 14.3. The molecule has 1 N–H and O–H groups in total. The van der Waals surface area contributed by atoms with E-state index in [1.165, 1.54) is 13.0 Å². The van der Waals surface area contributed by atoms with E-state index in [2.05, 4.69) is 10.5 Å². The third-order valence-electron chi connectivity index (χ3n) is 4.13. The van der Waals surface area contributed by atoms with Crippen molar-refractivity contribution in [2.24, 2.45) is 5.16 Å². The van der Waals surface area contributed by atoms with Gasteiger partial charge in [0, 0.05) is 12.0 Å². The maximum atomic E-state index is 14.3. The van der Waals surface area contributed by atoms with E-state index in [9.17, 15) is 14.0 Å². The number of para-hydroxylation sites is 1. The number of rotatable bonds is 5. The van der Waals surface area contributed by atoms with Crippen LogP contribution in [-0.2, 0) is 14.4 Å². The molecule has 29 heavy (non-hydrogen) atoms. The number of amides is 1. The molecule has 1 unspecified atom stereocenters. The van der Waals surface area contributed by atoms with Crippen LogP contribution < -0.4 is 10.1 Å². The van der Waals surface area contributed by atoms with Crippen LogP contribution in [0.3, 0.4) is 0 Å². The van der Waals surface area contributed by atoms with Crippen molar-refractivity contribution in [1.29, 1.82) is 0 Å². The van der Waals surface area contributed by atoms with Crippen LogP contribution in [0.1, 0.15) is 25.8 Å². The molecule has 1 atom stereocenters. The molecule has 2 aromatic carbocycles. The first-order valence-corrected chi connectivity index (χ1v) is 9.16. The topological polar surface area (TPSA) is 86.2 Å². The standard InChI is InChI=1S/C20H18ClFN2O5/c1-3-27-18(25)20(2)11-17(24-29-20)13-9-16(15(22)10-14(13)21)23-19(26)28-12-7-5-4-6-8-12/h4-10H,3,11H2,1-2H3,(H,23,26). The molecule has 0 radical (unpaired) electrons. The Kier molecular flexibility index (Phi) is 6.03. The highest BCUT2D eigenvalue weighted by Crippen LogP contribution is 2.33. The van der Waals surface area contributed by atoms with Gasteiger partial charge in [0.1, 0.15) is 11.6 Å². The van der Waals surface area contributed by atoms with E-state index in [1.54, 1.807) is 37.3 Å². The summed E-state index contributed by atoms with van der Waals surface area (Å²) in [6, 6.07) is 10.7. The molecule has 152 valence electrons. The van der Waals surface area contributed by atoms with Crippen LogP contribution in [0.2, 0.25) is 5.02 Å². The lowest BCUT2D eigenvalue weighted by molar-refractivity contribution is -0.166. The number of oxime groups is 1. The molecule has 0 fully saturated rings. The summed E-state index contributed by atoms with van der Waals surface area (Å²) in [5.74, 6) is -1.02. The highest BCUT2D eigenvalue weighted by atomic mass is 35.5. The summed E-state index contributed by atoms with van der Waals surface area (Å²) in [5, 5.41) is 6.29. The molecule has 1 aliphatic heterocycles. The Hall–Kier alpha value is -3.13. The van der Waals surface area contributed by atoms with Crippen molar-refractivity contribution in [2.75, 3.05) is 11.9 Å². The largest absolute Gasteiger partial charge is 0.463 e. The smallest absolute Gasteiger partial charge is 0.417 e. The van der Waals surface area contributed by atoms with E-state index in [0.29, 0.717) is 17.0 Å². The van der Waals surface area contributed by atoms with Crippen LogP contribution >= 0.6 is 11.6 Å². The fraction of sp³-hybridized carbons (Fsp3) is 0.250. The lowest BCUT2D eigenvalue weighted by Gasteiger charge is -2.18. The number of nitrogens with zero attached hydrogens (tertiary/aromatic N) is 1. The van der Waals surface area contributed by atoms with E-state index >= 15 is 0 Å². The molecule has 0 aromatic heterocycles. The van der Waals surface area contributed by atoms with E-state index in [4.69, 9.17) is 25.9 Å². The van der Waals surface area contributed by atoms with Gasteiger partial charge in [-0.1, -0.05) is 35.0 Å². The van der Waals surface area contributed by atoms with Crippen LogP contribution in [0.25, 0.3) is 0 Å². The zero-order valence-electron chi connectivity index (χ0n) is 15.7. The van der Waals surface area contributed by atoms with Crippen LogP contribution in [0, 0.1) is 5.82 Å². The lowest BCUT2D eigenvalue weighted by atomic mass is 9.95. The van der Waals surface area contributed by atoms with Crippen molar-refractivity contribution in [2.45, 2.75) is 25.9 Å². The number of esters is 1. The summed E-state index contributed by atoms with van der Waals surface area (Å²) in [7, 11) is 0. The number of anilines is 1. The quantitative estimate of drug-likeness (QED) is 0.718. The Bertz CT molecular complexity index is 967. The molecule has 0 spiro atoms. The third-order valence-corrected chi connectivity index (χ3v) is 4.44. The fourth-order valence-electron chi connectivity index (χ4n) is 2.67. The van der Waals surface area contributed by atoms with E-state index in [0.717, 1.165) is 6.07 Å². The summed E-state index contributed by atoms with van der Waals surface area (Å²) in [4.78, 5) is 29.4. The van der Waals surface area contributed by atoms with Crippen molar-refractivity contribution in [1.82, 2.24) is 0 Å². The second-order valence-electron chi connectivity index (χ2n) is 6.40. The van der Waals surface area contributed by atoms with Gasteiger partial charge in [-0.05, 0) is 38.1 Å². The highest BCUT2D eigenvalue weighted by molar-refractivity contribution is 6.34. The van der Waals surface area contributed by atoms with Gasteiger partial charge in [0.25, 0.3) is 0 Å². The number of halogens is 2. The van der Waals surface area contributed by atoms with Gasteiger partial charge < -0.3 is 14.3 Å². The van der Waals surface area contributed by atoms with Gasteiger partial charge in [-0.3, -0.25) is 5.32 Å². The van der Waals surface area contributed by atoms with Crippen LogP contribution in [0.5, 0.6) is 5.75 Å². The van der Waals surface area contributed by atoms with E-state index in [-0.39, 0.29) is 23.7 Å². The Balaban J connectivity index is 1.78. The maximum Gasteiger partial charge on any atom is 0.417 e. The Morgan fingerprint density at radius 3 is 2.72 bits per heavy atom. The second kappa shape index (κ2) is 8.48. The van der Waals surface area contributed by atoms with E-state index < -0.39 is 23.5 Å². The molecule has 7 nitrogen and oxygen atoms in total. The molecule has 1 heterocycles. The molecule has 0 bridgehead atoms. The zero-order valence-corrected chi connectivity index (χ0v) is 16.5. The highest BCUT2D eigenvalue weighted by Gasteiger charge is 2.44. The number of benzene rings is 2. The van der Waals surface area contributed by atoms with Gasteiger partial charge in [-0.15, -0.1) is 0 Å². The van der Waals surface area contributed by atoms with Gasteiger partial charge in [-0.25, -0.2) is 14.0 Å². The number of ether oxygens (including phenoxy) is 2. The average molecular weight is 421 g/mol. The predicted octanol–water partition coefficient (Wildman–Crippen LogP) is 4.54. The molecule has 2 aromatic rings. The molecule has 0 aliphatic carbocycles. The first kappa shape index (κ1) is 20.6. The predicted molar refractivity (Wildman–Crippen MR) is 105 cm³/mol. The molecule has 0 saturated carbocycles. The van der Waals surface area contributed by atoms with Gasteiger partial charge in [0.05, 0.1) is 23.0 Å². The van der Waals surface area contributed by atoms with Crippen molar-refractivity contribution >= 4 is 35.1 Å². The normalized spacial score (nSPS) is 17.9. The summed E-state index contributed by atoms with van der Waals surface area (Å²) in [6.45, 7) is 3.42. The van der Waals surface area contributed by atoms with Gasteiger partial charge >= 0.3 is 12.1 Å². The molecular formula is C20H18ClFN2O5. The second-order valence-corrected chi connectivity index (χ2v) is 6.80.